The summed E-state index contributed by atoms with van der Waals surface area (Å²) in [5.41, 5.74) is 0.535. The van der Waals surface area contributed by atoms with Crippen LogP contribution in [0.1, 0.15) is 42.1 Å². The quantitative estimate of drug-likeness (QED) is 0.753. The number of carbonyl (C=O) groups excluding carboxylic acids is 1. The van der Waals surface area contributed by atoms with Gasteiger partial charge in [0, 0.05) is 18.2 Å². The van der Waals surface area contributed by atoms with Crippen molar-refractivity contribution in [1.29, 1.82) is 0 Å². The molecule has 2 aromatic carbocycles. The lowest BCUT2D eigenvalue weighted by Gasteiger charge is -2.36. The summed E-state index contributed by atoms with van der Waals surface area (Å²) >= 11 is 0. The SMILES string of the molecule is CCS(=O)(=O)c1cccc(C(=O)N2CCCCC2Cc2cc(F)ccc2F)c1. The van der Waals surface area contributed by atoms with E-state index in [2.05, 4.69) is 0 Å². The highest BCUT2D eigenvalue weighted by atomic mass is 32.2. The number of hydrogen-bond acceptors (Lipinski definition) is 3. The highest BCUT2D eigenvalue weighted by molar-refractivity contribution is 7.91. The number of amides is 1. The van der Waals surface area contributed by atoms with Crippen LogP contribution in [0.5, 0.6) is 0 Å². The Kier molecular flexibility index (Phi) is 6.13. The average molecular weight is 407 g/mol. The molecule has 0 bridgehead atoms. The van der Waals surface area contributed by atoms with Crippen LogP contribution in [0.15, 0.2) is 47.4 Å². The van der Waals surface area contributed by atoms with Gasteiger partial charge in [0.25, 0.3) is 5.91 Å². The van der Waals surface area contributed by atoms with Crippen molar-refractivity contribution in [2.75, 3.05) is 12.3 Å². The van der Waals surface area contributed by atoms with E-state index in [4.69, 9.17) is 0 Å². The maximum atomic E-state index is 14.1. The monoisotopic (exact) mass is 407 g/mol. The van der Waals surface area contributed by atoms with Crippen LogP contribution < -0.4 is 0 Å². The van der Waals surface area contributed by atoms with E-state index in [0.717, 1.165) is 25.0 Å². The molecule has 0 aromatic heterocycles. The van der Waals surface area contributed by atoms with Crippen LogP contribution in [-0.4, -0.2) is 37.6 Å². The van der Waals surface area contributed by atoms with Crippen LogP contribution in [0.3, 0.4) is 0 Å². The topological polar surface area (TPSA) is 54.5 Å². The molecule has 1 aliphatic heterocycles. The van der Waals surface area contributed by atoms with Gasteiger partial charge in [-0.1, -0.05) is 13.0 Å². The molecule has 0 spiro atoms. The fourth-order valence-corrected chi connectivity index (χ4v) is 4.51. The Morgan fingerprint density at radius 1 is 1.14 bits per heavy atom. The Labute approximate surface area is 164 Å². The van der Waals surface area contributed by atoms with Crippen molar-refractivity contribution in [1.82, 2.24) is 4.90 Å². The maximum absolute atomic E-state index is 14.1. The van der Waals surface area contributed by atoms with Gasteiger partial charge in [0.2, 0.25) is 0 Å². The first kappa shape index (κ1) is 20.5. The van der Waals surface area contributed by atoms with Gasteiger partial charge in [-0.15, -0.1) is 0 Å². The molecule has 0 saturated carbocycles. The predicted octanol–water partition coefficient (Wildman–Crippen LogP) is 4.00. The van der Waals surface area contributed by atoms with E-state index in [-0.39, 0.29) is 34.6 Å². The maximum Gasteiger partial charge on any atom is 0.254 e. The molecule has 0 N–H and O–H groups in total. The van der Waals surface area contributed by atoms with Crippen LogP contribution in [0.25, 0.3) is 0 Å². The lowest BCUT2D eigenvalue weighted by Crippen LogP contribution is -2.45. The molecule has 7 heteroatoms. The smallest absolute Gasteiger partial charge is 0.254 e. The number of sulfone groups is 1. The minimum Gasteiger partial charge on any atom is -0.335 e. The van der Waals surface area contributed by atoms with Gasteiger partial charge in [-0.2, -0.15) is 0 Å². The molecule has 0 aliphatic carbocycles. The zero-order valence-corrected chi connectivity index (χ0v) is 16.5. The van der Waals surface area contributed by atoms with E-state index in [9.17, 15) is 22.0 Å². The van der Waals surface area contributed by atoms with E-state index in [1.165, 1.54) is 18.2 Å². The third kappa shape index (κ3) is 4.41. The second-order valence-corrected chi connectivity index (χ2v) is 9.30. The van der Waals surface area contributed by atoms with E-state index in [1.54, 1.807) is 24.0 Å². The number of nitrogens with zero attached hydrogens (tertiary/aromatic N) is 1. The molecular weight excluding hydrogens is 384 g/mol. The average Bonchev–Trinajstić information content (AvgIpc) is 2.70. The van der Waals surface area contributed by atoms with Crippen LogP contribution in [0.4, 0.5) is 8.78 Å². The summed E-state index contributed by atoms with van der Waals surface area (Å²) in [6, 6.07) is 9.10. The molecule has 1 heterocycles. The van der Waals surface area contributed by atoms with Gasteiger partial charge in [0.15, 0.2) is 9.84 Å². The van der Waals surface area contributed by atoms with Gasteiger partial charge in [0.1, 0.15) is 11.6 Å². The fraction of sp³-hybridized carbons (Fsp3) is 0.381. The van der Waals surface area contributed by atoms with Crippen molar-refractivity contribution in [2.24, 2.45) is 0 Å². The number of piperidine rings is 1. The number of benzene rings is 2. The zero-order chi connectivity index (χ0) is 20.3. The highest BCUT2D eigenvalue weighted by Gasteiger charge is 2.29. The van der Waals surface area contributed by atoms with Gasteiger partial charge in [-0.05, 0) is 67.6 Å². The summed E-state index contributed by atoms with van der Waals surface area (Å²) in [6.07, 6.45) is 2.63. The molecule has 2 aromatic rings. The van der Waals surface area contributed by atoms with Crippen LogP contribution in [0, 0.1) is 11.6 Å². The molecular formula is C21H23F2NO3S. The molecule has 150 valence electrons. The molecule has 1 amide bonds. The minimum atomic E-state index is -3.42. The van der Waals surface area contributed by atoms with Crippen molar-refractivity contribution in [3.8, 4) is 0 Å². The number of carbonyl (C=O) groups is 1. The zero-order valence-electron chi connectivity index (χ0n) is 15.7. The lowest BCUT2D eigenvalue weighted by atomic mass is 9.94. The van der Waals surface area contributed by atoms with Gasteiger partial charge < -0.3 is 4.90 Å². The minimum absolute atomic E-state index is 0.0458. The Balaban J connectivity index is 1.87. The van der Waals surface area contributed by atoms with Gasteiger partial charge in [0.05, 0.1) is 10.6 Å². The summed E-state index contributed by atoms with van der Waals surface area (Å²) in [6.45, 7) is 2.06. The summed E-state index contributed by atoms with van der Waals surface area (Å²) in [7, 11) is -3.42. The number of halogens is 2. The molecule has 0 radical (unpaired) electrons. The molecule has 1 saturated heterocycles. The van der Waals surface area contributed by atoms with E-state index >= 15 is 0 Å². The largest absolute Gasteiger partial charge is 0.335 e. The van der Waals surface area contributed by atoms with E-state index in [0.29, 0.717) is 18.5 Å². The summed E-state index contributed by atoms with van der Waals surface area (Å²) in [5.74, 6) is -1.33. The first-order valence-electron chi connectivity index (χ1n) is 9.39. The Bertz CT molecular complexity index is 975. The van der Waals surface area contributed by atoms with Crippen LogP contribution >= 0.6 is 0 Å². The highest BCUT2D eigenvalue weighted by Crippen LogP contribution is 2.25. The number of hydrogen-bond donors (Lipinski definition) is 0. The molecule has 28 heavy (non-hydrogen) atoms. The molecule has 1 unspecified atom stereocenters. The fourth-order valence-electron chi connectivity index (χ4n) is 3.59. The first-order valence-corrected chi connectivity index (χ1v) is 11.0. The van der Waals surface area contributed by atoms with Crippen LogP contribution in [0.2, 0.25) is 0 Å². The molecule has 1 aliphatic rings. The Morgan fingerprint density at radius 3 is 2.68 bits per heavy atom. The first-order chi connectivity index (χ1) is 13.3. The van der Waals surface area contributed by atoms with Gasteiger partial charge in [-0.3, -0.25) is 4.79 Å². The molecule has 3 rings (SSSR count). The van der Waals surface area contributed by atoms with Crippen molar-refractivity contribution in [3.63, 3.8) is 0 Å². The molecule has 4 nitrogen and oxygen atoms in total. The van der Waals surface area contributed by atoms with Gasteiger partial charge in [-0.25, -0.2) is 17.2 Å². The second-order valence-electron chi connectivity index (χ2n) is 7.02. The lowest BCUT2D eigenvalue weighted by molar-refractivity contribution is 0.0612. The standard InChI is InChI=1S/C21H23F2NO3S/c1-2-28(26,27)19-8-5-6-15(14-19)21(25)24-11-4-3-7-18(24)13-16-12-17(22)9-10-20(16)23/h5-6,8-10,12,14,18H,2-4,7,11,13H2,1H3. The summed E-state index contributed by atoms with van der Waals surface area (Å²) in [5, 5.41) is 0. The number of likely N-dealkylation sites (tertiary alicyclic amines) is 1. The normalized spacial score (nSPS) is 17.5. The van der Waals surface area contributed by atoms with E-state index < -0.39 is 21.5 Å². The van der Waals surface area contributed by atoms with Crippen molar-refractivity contribution in [3.05, 3.63) is 65.2 Å². The number of rotatable bonds is 5. The molecule has 1 fully saturated rings. The van der Waals surface area contributed by atoms with Crippen LogP contribution in [-0.2, 0) is 16.3 Å². The van der Waals surface area contributed by atoms with E-state index in [1.807, 2.05) is 0 Å². The molecule has 1 atom stereocenters. The Morgan fingerprint density at radius 2 is 1.93 bits per heavy atom. The van der Waals surface area contributed by atoms with Crippen molar-refractivity contribution in [2.45, 2.75) is 43.5 Å². The summed E-state index contributed by atoms with van der Waals surface area (Å²) in [4.78, 5) is 14.9. The summed E-state index contributed by atoms with van der Waals surface area (Å²) < 4.78 is 51.8. The second kappa shape index (κ2) is 8.39. The Hall–Kier alpha value is -2.28. The predicted molar refractivity (Wildman–Crippen MR) is 103 cm³/mol. The third-order valence-corrected chi connectivity index (χ3v) is 6.90. The van der Waals surface area contributed by atoms with Crippen molar-refractivity contribution >= 4 is 15.7 Å². The third-order valence-electron chi connectivity index (χ3n) is 5.17. The van der Waals surface area contributed by atoms with Gasteiger partial charge >= 0.3 is 0 Å². The van der Waals surface area contributed by atoms with Crippen molar-refractivity contribution < 1.29 is 22.0 Å².